The Hall–Kier alpha value is -1.99. The van der Waals surface area contributed by atoms with Crippen molar-refractivity contribution in [2.24, 2.45) is 0 Å². The summed E-state index contributed by atoms with van der Waals surface area (Å²) in [5.74, 6) is -2.28. The minimum atomic E-state index is -4.71. The van der Waals surface area contributed by atoms with Gasteiger partial charge in [0.25, 0.3) is 0 Å². The molecule has 1 aromatic rings. The maximum Gasteiger partial charge on any atom is 0.433 e. The predicted octanol–water partition coefficient (Wildman–Crippen LogP) is 0.963. The zero-order valence-electron chi connectivity index (χ0n) is 7.17. The maximum atomic E-state index is 12.2. The summed E-state index contributed by atoms with van der Waals surface area (Å²) in [6, 6.07) is 0.430. The van der Waals surface area contributed by atoms with E-state index in [4.69, 9.17) is 16.6 Å². The summed E-state index contributed by atoms with van der Waals surface area (Å²) in [4.78, 5) is 13.4. The summed E-state index contributed by atoms with van der Waals surface area (Å²) in [5.41, 5.74) is 7.66. The Morgan fingerprint density at radius 3 is 2.27 bits per heavy atom. The van der Waals surface area contributed by atoms with Crippen molar-refractivity contribution in [1.82, 2.24) is 4.98 Å². The molecule has 0 spiro atoms. The van der Waals surface area contributed by atoms with Crippen molar-refractivity contribution < 1.29 is 23.1 Å². The molecule has 1 aromatic heterocycles. The molecule has 0 aromatic carbocycles. The second kappa shape index (κ2) is 3.30. The molecule has 0 amide bonds. The van der Waals surface area contributed by atoms with Gasteiger partial charge in [-0.15, -0.1) is 0 Å². The van der Waals surface area contributed by atoms with E-state index in [2.05, 4.69) is 4.98 Å². The highest BCUT2D eigenvalue weighted by Gasteiger charge is 2.34. The van der Waals surface area contributed by atoms with E-state index in [0.29, 0.717) is 6.07 Å². The number of carbonyl (C=O) groups is 1. The zero-order chi connectivity index (χ0) is 11.8. The zero-order valence-corrected chi connectivity index (χ0v) is 7.17. The lowest BCUT2D eigenvalue weighted by Crippen LogP contribution is -2.15. The molecule has 0 atom stereocenters. The molecule has 0 radical (unpaired) electrons. The molecule has 0 saturated heterocycles. The number of carboxylic acids is 1. The minimum absolute atomic E-state index is 0.430. The van der Waals surface area contributed by atoms with E-state index in [1.165, 1.54) is 0 Å². The number of pyridine rings is 1. The molecule has 82 valence electrons. The largest absolute Gasteiger partial charge is 0.477 e. The van der Waals surface area contributed by atoms with Crippen LogP contribution in [-0.2, 0) is 6.18 Å². The number of rotatable bonds is 1. The fraction of sp³-hybridized carbons (Fsp3) is 0.143. The number of hydrogen-bond donors (Lipinski definition) is 3. The molecule has 0 unspecified atom stereocenters. The molecule has 1 heterocycles. The van der Waals surface area contributed by atoms with Crippen molar-refractivity contribution in [2.75, 3.05) is 11.5 Å². The SMILES string of the molecule is Nc1cc(C(F)(F)F)nc(N)c1C(=O)O. The Morgan fingerprint density at radius 1 is 1.40 bits per heavy atom. The van der Waals surface area contributed by atoms with Crippen LogP contribution >= 0.6 is 0 Å². The van der Waals surface area contributed by atoms with E-state index in [1.54, 1.807) is 0 Å². The smallest absolute Gasteiger partial charge is 0.433 e. The Kier molecular flexibility index (Phi) is 2.44. The summed E-state index contributed by atoms with van der Waals surface area (Å²) in [7, 11) is 0. The van der Waals surface area contributed by atoms with Gasteiger partial charge in [0, 0.05) is 0 Å². The highest BCUT2D eigenvalue weighted by atomic mass is 19.4. The molecule has 1 rings (SSSR count). The summed E-state index contributed by atoms with van der Waals surface area (Å²) >= 11 is 0. The van der Waals surface area contributed by atoms with Gasteiger partial charge < -0.3 is 16.6 Å². The average molecular weight is 221 g/mol. The maximum absolute atomic E-state index is 12.2. The van der Waals surface area contributed by atoms with Crippen molar-refractivity contribution in [3.05, 3.63) is 17.3 Å². The highest BCUT2D eigenvalue weighted by molar-refractivity contribution is 5.98. The lowest BCUT2D eigenvalue weighted by atomic mass is 10.2. The third kappa shape index (κ3) is 2.09. The molecule has 5 nitrogen and oxygen atoms in total. The van der Waals surface area contributed by atoms with Crippen molar-refractivity contribution >= 4 is 17.5 Å². The second-order valence-electron chi connectivity index (χ2n) is 2.66. The highest BCUT2D eigenvalue weighted by Crippen LogP contribution is 2.31. The van der Waals surface area contributed by atoms with Gasteiger partial charge in [0.15, 0.2) is 0 Å². The van der Waals surface area contributed by atoms with Crippen LogP contribution in [0.25, 0.3) is 0 Å². The molecule has 0 aliphatic rings. The van der Waals surface area contributed by atoms with Gasteiger partial charge in [0.1, 0.15) is 17.1 Å². The van der Waals surface area contributed by atoms with Crippen LogP contribution in [0.4, 0.5) is 24.7 Å². The first kappa shape index (κ1) is 11.1. The van der Waals surface area contributed by atoms with E-state index >= 15 is 0 Å². The molecule has 0 fully saturated rings. The van der Waals surface area contributed by atoms with Crippen LogP contribution in [0.2, 0.25) is 0 Å². The van der Waals surface area contributed by atoms with E-state index < -0.39 is 34.9 Å². The first-order valence-corrected chi connectivity index (χ1v) is 3.60. The van der Waals surface area contributed by atoms with Gasteiger partial charge in [-0.05, 0) is 6.07 Å². The molecular formula is C7H6F3N3O2. The van der Waals surface area contributed by atoms with Crippen LogP contribution in [0.3, 0.4) is 0 Å². The monoisotopic (exact) mass is 221 g/mol. The van der Waals surface area contributed by atoms with Crippen LogP contribution in [0.15, 0.2) is 6.07 Å². The minimum Gasteiger partial charge on any atom is -0.477 e. The van der Waals surface area contributed by atoms with E-state index in [-0.39, 0.29) is 0 Å². The average Bonchev–Trinajstić information content (AvgIpc) is 1.99. The third-order valence-corrected chi connectivity index (χ3v) is 1.58. The number of anilines is 2. The lowest BCUT2D eigenvalue weighted by Gasteiger charge is -2.09. The van der Waals surface area contributed by atoms with Gasteiger partial charge >= 0.3 is 12.1 Å². The number of nitrogen functional groups attached to an aromatic ring is 2. The standard InChI is InChI=1S/C7H6F3N3O2/c8-7(9,10)3-1-2(11)4(6(14)15)5(12)13-3/h1H,(H,14,15)(H4,11,12,13). The summed E-state index contributed by atoms with van der Waals surface area (Å²) < 4.78 is 36.5. The number of aromatic nitrogens is 1. The number of hydrogen-bond acceptors (Lipinski definition) is 4. The number of nitrogens with two attached hydrogens (primary N) is 2. The summed E-state index contributed by atoms with van der Waals surface area (Å²) in [6.45, 7) is 0. The topological polar surface area (TPSA) is 102 Å². The van der Waals surface area contributed by atoms with Crippen LogP contribution in [0, 0.1) is 0 Å². The number of aromatic carboxylic acids is 1. The Balaban J connectivity index is 3.39. The number of alkyl halides is 3. The van der Waals surface area contributed by atoms with Crippen LogP contribution in [-0.4, -0.2) is 16.1 Å². The number of carboxylic acid groups (broad SMARTS) is 1. The van der Waals surface area contributed by atoms with Crippen molar-refractivity contribution in [2.45, 2.75) is 6.18 Å². The van der Waals surface area contributed by atoms with Gasteiger partial charge in [0.05, 0.1) is 5.69 Å². The first-order valence-electron chi connectivity index (χ1n) is 3.60. The molecule has 0 aliphatic carbocycles. The van der Waals surface area contributed by atoms with E-state index in [1.807, 2.05) is 0 Å². The van der Waals surface area contributed by atoms with Crippen molar-refractivity contribution in [3.63, 3.8) is 0 Å². The number of halogens is 3. The molecule has 15 heavy (non-hydrogen) atoms. The Labute approximate surface area is 81.5 Å². The fourth-order valence-electron chi connectivity index (χ4n) is 0.964. The van der Waals surface area contributed by atoms with Crippen LogP contribution in [0.1, 0.15) is 16.1 Å². The Bertz CT molecular complexity index is 393. The van der Waals surface area contributed by atoms with Crippen LogP contribution < -0.4 is 11.5 Å². The third-order valence-electron chi connectivity index (χ3n) is 1.58. The van der Waals surface area contributed by atoms with Crippen LogP contribution in [0.5, 0.6) is 0 Å². The molecule has 5 N–H and O–H groups in total. The predicted molar refractivity (Wildman–Crippen MR) is 45.0 cm³/mol. The van der Waals surface area contributed by atoms with Gasteiger partial charge in [0.2, 0.25) is 0 Å². The first-order chi connectivity index (χ1) is 6.73. The van der Waals surface area contributed by atoms with E-state index in [9.17, 15) is 18.0 Å². The van der Waals surface area contributed by atoms with Crippen molar-refractivity contribution in [1.29, 1.82) is 0 Å². The normalized spacial score (nSPS) is 11.4. The van der Waals surface area contributed by atoms with Gasteiger partial charge in [-0.2, -0.15) is 13.2 Å². The fourth-order valence-corrected chi connectivity index (χ4v) is 0.964. The molecule has 8 heteroatoms. The summed E-state index contributed by atoms with van der Waals surface area (Å²) in [6.07, 6.45) is -4.71. The van der Waals surface area contributed by atoms with Gasteiger partial charge in [-0.1, -0.05) is 0 Å². The quantitative estimate of drug-likeness (QED) is 0.655. The summed E-state index contributed by atoms with van der Waals surface area (Å²) in [5, 5.41) is 8.56. The second-order valence-corrected chi connectivity index (χ2v) is 2.66. The Morgan fingerprint density at radius 2 is 1.93 bits per heavy atom. The molecule has 0 bridgehead atoms. The lowest BCUT2D eigenvalue weighted by molar-refractivity contribution is -0.141. The van der Waals surface area contributed by atoms with E-state index in [0.717, 1.165) is 0 Å². The number of nitrogens with zero attached hydrogens (tertiary/aromatic N) is 1. The molecule has 0 aliphatic heterocycles. The molecular weight excluding hydrogens is 215 g/mol. The molecule has 0 saturated carbocycles. The van der Waals surface area contributed by atoms with Crippen molar-refractivity contribution in [3.8, 4) is 0 Å². The van der Waals surface area contributed by atoms with Gasteiger partial charge in [-0.3, -0.25) is 0 Å². The van der Waals surface area contributed by atoms with Gasteiger partial charge in [-0.25, -0.2) is 9.78 Å².